The molecule has 0 bridgehead atoms. The van der Waals surface area contributed by atoms with Crippen LogP contribution in [-0.2, 0) is 6.54 Å². The van der Waals surface area contributed by atoms with Crippen molar-refractivity contribution in [3.63, 3.8) is 0 Å². The molecule has 2 heterocycles. The van der Waals surface area contributed by atoms with Crippen LogP contribution >= 0.6 is 11.3 Å². The second-order valence-electron chi connectivity index (χ2n) is 5.38. The zero-order valence-electron chi connectivity index (χ0n) is 12.4. The number of phenolic OH excluding ortho intramolecular Hbond substituents is 1. The van der Waals surface area contributed by atoms with Crippen molar-refractivity contribution < 1.29 is 13.9 Å². The Hall–Kier alpha value is -2.73. The summed E-state index contributed by atoms with van der Waals surface area (Å²) in [7, 11) is 0. The highest BCUT2D eigenvalue weighted by Crippen LogP contribution is 2.33. The normalized spacial score (nSPS) is 11.2. The maximum absolute atomic E-state index is 14.1. The van der Waals surface area contributed by atoms with Crippen molar-refractivity contribution in [2.75, 3.05) is 0 Å². The zero-order chi connectivity index (χ0) is 16.7. The van der Waals surface area contributed by atoms with E-state index in [-0.39, 0.29) is 12.3 Å². The van der Waals surface area contributed by atoms with Crippen molar-refractivity contribution in [1.82, 2.24) is 9.55 Å². The van der Waals surface area contributed by atoms with Crippen LogP contribution in [0.5, 0.6) is 5.75 Å². The Morgan fingerprint density at radius 2 is 1.96 bits per heavy atom. The molecule has 0 spiro atoms. The number of imidazole rings is 1. The SMILES string of the molecule is Oc1cccc2nc(-c3cccs3)n(Cc3ccc(F)cc3F)c12. The van der Waals surface area contributed by atoms with Gasteiger partial charge in [0.05, 0.1) is 16.9 Å². The summed E-state index contributed by atoms with van der Waals surface area (Å²) in [4.78, 5) is 5.49. The molecule has 0 aliphatic rings. The van der Waals surface area contributed by atoms with Crippen LogP contribution in [0, 0.1) is 11.6 Å². The van der Waals surface area contributed by atoms with Gasteiger partial charge in [-0.3, -0.25) is 0 Å². The Morgan fingerprint density at radius 1 is 1.08 bits per heavy atom. The summed E-state index contributed by atoms with van der Waals surface area (Å²) in [6, 6.07) is 12.4. The van der Waals surface area contributed by atoms with Crippen molar-refractivity contribution in [1.29, 1.82) is 0 Å². The van der Waals surface area contributed by atoms with E-state index in [2.05, 4.69) is 4.98 Å². The standard InChI is InChI=1S/C18H12F2N2OS/c19-12-7-6-11(13(20)9-12)10-22-17-14(3-1-4-15(17)23)21-18(22)16-5-2-8-24-16/h1-9,23H,10H2. The summed E-state index contributed by atoms with van der Waals surface area (Å²) in [5.41, 5.74) is 1.49. The van der Waals surface area contributed by atoms with Gasteiger partial charge in [-0.1, -0.05) is 18.2 Å². The molecule has 0 unspecified atom stereocenters. The van der Waals surface area contributed by atoms with Crippen LogP contribution in [0.1, 0.15) is 5.56 Å². The molecule has 4 aromatic rings. The Morgan fingerprint density at radius 3 is 2.71 bits per heavy atom. The Kier molecular flexibility index (Phi) is 3.54. The summed E-state index contributed by atoms with van der Waals surface area (Å²) in [6.45, 7) is 0.146. The van der Waals surface area contributed by atoms with Crippen LogP contribution in [0.3, 0.4) is 0 Å². The highest BCUT2D eigenvalue weighted by molar-refractivity contribution is 7.13. The minimum Gasteiger partial charge on any atom is -0.506 e. The van der Waals surface area contributed by atoms with E-state index in [0.29, 0.717) is 22.4 Å². The summed E-state index contributed by atoms with van der Waals surface area (Å²) in [6.07, 6.45) is 0. The molecule has 0 atom stereocenters. The number of para-hydroxylation sites is 1. The molecule has 120 valence electrons. The number of aromatic hydroxyl groups is 1. The van der Waals surface area contributed by atoms with Crippen LogP contribution < -0.4 is 0 Å². The molecule has 3 nitrogen and oxygen atoms in total. The molecule has 24 heavy (non-hydrogen) atoms. The van der Waals surface area contributed by atoms with Crippen molar-refractivity contribution in [3.8, 4) is 16.5 Å². The number of nitrogens with zero attached hydrogens (tertiary/aromatic N) is 2. The van der Waals surface area contributed by atoms with Crippen LogP contribution in [0.2, 0.25) is 0 Å². The molecule has 0 fully saturated rings. The lowest BCUT2D eigenvalue weighted by Crippen LogP contribution is -2.04. The number of thiophene rings is 1. The second-order valence-corrected chi connectivity index (χ2v) is 6.33. The van der Waals surface area contributed by atoms with Gasteiger partial charge in [0.25, 0.3) is 0 Å². The highest BCUT2D eigenvalue weighted by atomic mass is 32.1. The number of benzene rings is 2. The van der Waals surface area contributed by atoms with Gasteiger partial charge in [-0.2, -0.15) is 0 Å². The third-order valence-corrected chi connectivity index (χ3v) is 4.70. The lowest BCUT2D eigenvalue weighted by atomic mass is 10.2. The summed E-state index contributed by atoms with van der Waals surface area (Å²) in [5.74, 6) is -0.520. The number of rotatable bonds is 3. The van der Waals surface area contributed by atoms with Crippen LogP contribution in [0.25, 0.3) is 21.7 Å². The van der Waals surface area contributed by atoms with Crippen LogP contribution in [0.15, 0.2) is 53.9 Å². The number of halogens is 2. The lowest BCUT2D eigenvalue weighted by molar-refractivity contribution is 0.478. The van der Waals surface area contributed by atoms with Gasteiger partial charge >= 0.3 is 0 Å². The van der Waals surface area contributed by atoms with E-state index in [1.54, 1.807) is 22.8 Å². The van der Waals surface area contributed by atoms with E-state index in [1.165, 1.54) is 23.5 Å². The smallest absolute Gasteiger partial charge is 0.151 e. The minimum atomic E-state index is -0.621. The van der Waals surface area contributed by atoms with Gasteiger partial charge in [-0.15, -0.1) is 11.3 Å². The first kappa shape index (κ1) is 14.8. The largest absolute Gasteiger partial charge is 0.506 e. The third-order valence-electron chi connectivity index (χ3n) is 3.83. The number of fused-ring (bicyclic) bond motifs is 1. The maximum Gasteiger partial charge on any atom is 0.151 e. The quantitative estimate of drug-likeness (QED) is 0.581. The number of hydrogen-bond acceptors (Lipinski definition) is 3. The number of hydrogen-bond donors (Lipinski definition) is 1. The molecule has 6 heteroatoms. The molecule has 4 rings (SSSR count). The maximum atomic E-state index is 14.1. The van der Waals surface area contributed by atoms with Gasteiger partial charge in [0.1, 0.15) is 22.9 Å². The first-order valence-corrected chi connectivity index (χ1v) is 8.17. The first-order chi connectivity index (χ1) is 11.6. The van der Waals surface area contributed by atoms with Crippen molar-refractivity contribution in [3.05, 3.63) is 71.1 Å². The van der Waals surface area contributed by atoms with E-state index in [4.69, 9.17) is 0 Å². The molecular weight excluding hydrogens is 330 g/mol. The molecule has 0 saturated heterocycles. The Balaban J connectivity index is 1.93. The van der Waals surface area contributed by atoms with Gasteiger partial charge < -0.3 is 9.67 Å². The highest BCUT2D eigenvalue weighted by Gasteiger charge is 2.17. The monoisotopic (exact) mass is 342 g/mol. The number of phenols is 1. The van der Waals surface area contributed by atoms with Gasteiger partial charge in [0.2, 0.25) is 0 Å². The van der Waals surface area contributed by atoms with Crippen LogP contribution in [0.4, 0.5) is 8.78 Å². The average Bonchev–Trinajstić information content (AvgIpc) is 3.18. The topological polar surface area (TPSA) is 38.1 Å². The molecule has 0 aliphatic carbocycles. The fourth-order valence-electron chi connectivity index (χ4n) is 2.73. The molecule has 0 aliphatic heterocycles. The average molecular weight is 342 g/mol. The second kappa shape index (κ2) is 5.72. The lowest BCUT2D eigenvalue weighted by Gasteiger charge is -2.10. The van der Waals surface area contributed by atoms with Gasteiger partial charge in [0.15, 0.2) is 5.82 Å². The first-order valence-electron chi connectivity index (χ1n) is 7.29. The predicted molar refractivity (Wildman–Crippen MR) is 90.2 cm³/mol. The number of aromatic nitrogens is 2. The van der Waals surface area contributed by atoms with Crippen LogP contribution in [-0.4, -0.2) is 14.7 Å². The molecule has 0 amide bonds. The predicted octanol–water partition coefficient (Wildman–Crippen LogP) is 4.80. The van der Waals surface area contributed by atoms with Crippen molar-refractivity contribution in [2.24, 2.45) is 0 Å². The van der Waals surface area contributed by atoms with Gasteiger partial charge in [-0.05, 0) is 29.6 Å². The Bertz CT molecular complexity index is 1030. The van der Waals surface area contributed by atoms with E-state index in [1.807, 2.05) is 17.5 Å². The third kappa shape index (κ3) is 2.45. The fourth-order valence-corrected chi connectivity index (χ4v) is 3.46. The molecular formula is C18H12F2N2OS. The van der Waals surface area contributed by atoms with Crippen molar-refractivity contribution in [2.45, 2.75) is 6.54 Å². The fraction of sp³-hybridized carbons (Fsp3) is 0.0556. The van der Waals surface area contributed by atoms with E-state index >= 15 is 0 Å². The van der Waals surface area contributed by atoms with Gasteiger partial charge in [-0.25, -0.2) is 13.8 Å². The van der Waals surface area contributed by atoms with Crippen molar-refractivity contribution >= 4 is 22.4 Å². The Labute approximate surface area is 140 Å². The van der Waals surface area contributed by atoms with E-state index in [0.717, 1.165) is 10.9 Å². The summed E-state index contributed by atoms with van der Waals surface area (Å²) < 4.78 is 29.0. The molecule has 1 N–H and O–H groups in total. The molecule has 0 saturated carbocycles. The summed E-state index contributed by atoms with van der Waals surface area (Å²) in [5, 5.41) is 12.2. The molecule has 2 aromatic heterocycles. The minimum absolute atomic E-state index is 0.0744. The summed E-state index contributed by atoms with van der Waals surface area (Å²) >= 11 is 1.51. The van der Waals surface area contributed by atoms with Gasteiger partial charge in [0, 0.05) is 11.6 Å². The zero-order valence-corrected chi connectivity index (χ0v) is 13.2. The molecule has 0 radical (unpaired) electrons. The van der Waals surface area contributed by atoms with E-state index in [9.17, 15) is 13.9 Å². The molecule has 2 aromatic carbocycles. The van der Waals surface area contributed by atoms with E-state index < -0.39 is 11.6 Å².